The van der Waals surface area contributed by atoms with Crippen molar-refractivity contribution in [3.8, 4) is 11.8 Å². The van der Waals surface area contributed by atoms with Crippen LogP contribution in [0.15, 0.2) is 18.2 Å². The topological polar surface area (TPSA) is 45.0 Å². The minimum Gasteiger partial charge on any atom is -0.490 e. The molecule has 2 rings (SSSR count). The molecule has 1 aliphatic rings. The van der Waals surface area contributed by atoms with Crippen LogP contribution in [0.5, 0.6) is 5.75 Å². The van der Waals surface area contributed by atoms with Crippen molar-refractivity contribution < 1.29 is 9.13 Å². The van der Waals surface area contributed by atoms with Crippen LogP contribution in [-0.2, 0) is 0 Å². The number of nitrogens with one attached hydrogen (secondary N) is 1. The van der Waals surface area contributed by atoms with Gasteiger partial charge in [0.05, 0.1) is 6.07 Å². The first kappa shape index (κ1) is 15.8. The van der Waals surface area contributed by atoms with E-state index in [2.05, 4.69) is 11.4 Å². The van der Waals surface area contributed by atoms with Crippen molar-refractivity contribution in [1.82, 2.24) is 5.32 Å². The van der Waals surface area contributed by atoms with Gasteiger partial charge in [0, 0.05) is 18.5 Å². The number of ether oxygens (including phenoxy) is 1. The van der Waals surface area contributed by atoms with Crippen molar-refractivity contribution in [2.45, 2.75) is 64.1 Å². The van der Waals surface area contributed by atoms with Gasteiger partial charge in [0.2, 0.25) is 0 Å². The lowest BCUT2D eigenvalue weighted by atomic mass is 9.80. The highest BCUT2D eigenvalue weighted by Crippen LogP contribution is 2.31. The lowest BCUT2D eigenvalue weighted by Crippen LogP contribution is -2.52. The third-order valence-corrected chi connectivity index (χ3v) is 3.93. The highest BCUT2D eigenvalue weighted by molar-refractivity contribution is 5.28. The minimum absolute atomic E-state index is 0.0493. The molecule has 1 N–H and O–H groups in total. The molecule has 1 saturated carbocycles. The fourth-order valence-electron chi connectivity index (χ4n) is 2.98. The lowest BCUT2D eigenvalue weighted by molar-refractivity contribution is 0.108. The van der Waals surface area contributed by atoms with E-state index in [1.807, 2.05) is 13.8 Å². The molecule has 1 aromatic carbocycles. The van der Waals surface area contributed by atoms with Gasteiger partial charge < -0.3 is 4.74 Å². The van der Waals surface area contributed by atoms with E-state index < -0.39 is 5.54 Å². The van der Waals surface area contributed by atoms with Crippen molar-refractivity contribution in [1.29, 1.82) is 5.26 Å². The van der Waals surface area contributed by atoms with Crippen molar-refractivity contribution in [2.75, 3.05) is 0 Å². The molecule has 21 heavy (non-hydrogen) atoms. The summed E-state index contributed by atoms with van der Waals surface area (Å²) in [5.74, 6) is 0.288. The Morgan fingerprint density at radius 3 is 2.86 bits per heavy atom. The second kappa shape index (κ2) is 6.44. The number of aryl methyl sites for hydroxylation is 1. The van der Waals surface area contributed by atoms with E-state index in [1.165, 1.54) is 6.07 Å². The highest BCUT2D eigenvalue weighted by atomic mass is 19.1. The predicted molar refractivity (Wildman–Crippen MR) is 80.6 cm³/mol. The Hall–Kier alpha value is -1.60. The zero-order chi connectivity index (χ0) is 15.5. The molecule has 4 heteroatoms. The van der Waals surface area contributed by atoms with Gasteiger partial charge in [0.1, 0.15) is 23.2 Å². The first-order chi connectivity index (χ1) is 9.94. The van der Waals surface area contributed by atoms with Crippen LogP contribution in [0.3, 0.4) is 0 Å². The van der Waals surface area contributed by atoms with Crippen LogP contribution in [0.2, 0.25) is 0 Å². The standard InChI is InChI=1S/C17H23FN2O/c1-12(2)20-17(11-19)8-4-5-15(10-17)21-14-7-6-13(3)16(18)9-14/h6-7,9,12,15,20H,4-5,8,10H2,1-3H3. The predicted octanol–water partition coefficient (Wildman–Crippen LogP) is 3.72. The van der Waals surface area contributed by atoms with Gasteiger partial charge in [-0.1, -0.05) is 6.07 Å². The maximum atomic E-state index is 13.6. The van der Waals surface area contributed by atoms with E-state index in [4.69, 9.17) is 4.74 Å². The van der Waals surface area contributed by atoms with Crippen LogP contribution in [0.4, 0.5) is 4.39 Å². The maximum Gasteiger partial charge on any atom is 0.129 e. The summed E-state index contributed by atoms with van der Waals surface area (Å²) in [6, 6.07) is 7.60. The van der Waals surface area contributed by atoms with Gasteiger partial charge in [-0.2, -0.15) is 5.26 Å². The van der Waals surface area contributed by atoms with E-state index in [0.29, 0.717) is 17.7 Å². The number of nitriles is 1. The molecule has 0 radical (unpaired) electrons. The van der Waals surface area contributed by atoms with Crippen LogP contribution in [0.25, 0.3) is 0 Å². The van der Waals surface area contributed by atoms with Gasteiger partial charge in [0.25, 0.3) is 0 Å². The monoisotopic (exact) mass is 290 g/mol. The summed E-state index contributed by atoms with van der Waals surface area (Å²) in [6.07, 6.45) is 3.26. The Balaban J connectivity index is 2.07. The molecule has 0 heterocycles. The maximum absolute atomic E-state index is 13.6. The lowest BCUT2D eigenvalue weighted by Gasteiger charge is -2.37. The number of nitrogens with zero attached hydrogens (tertiary/aromatic N) is 1. The normalized spacial score (nSPS) is 25.6. The molecule has 1 aliphatic carbocycles. The molecule has 3 nitrogen and oxygen atoms in total. The van der Waals surface area contributed by atoms with Crippen molar-refractivity contribution in [2.24, 2.45) is 0 Å². The summed E-state index contributed by atoms with van der Waals surface area (Å²) in [6.45, 7) is 5.81. The Kier molecular flexibility index (Phi) is 4.84. The summed E-state index contributed by atoms with van der Waals surface area (Å²) >= 11 is 0. The van der Waals surface area contributed by atoms with Gasteiger partial charge in [0.15, 0.2) is 0 Å². The smallest absolute Gasteiger partial charge is 0.129 e. The van der Waals surface area contributed by atoms with Crippen molar-refractivity contribution in [3.05, 3.63) is 29.6 Å². The van der Waals surface area contributed by atoms with Crippen LogP contribution >= 0.6 is 0 Å². The van der Waals surface area contributed by atoms with E-state index in [9.17, 15) is 9.65 Å². The molecule has 114 valence electrons. The summed E-state index contributed by atoms with van der Waals surface area (Å²) in [4.78, 5) is 0. The second-order valence-corrected chi connectivity index (χ2v) is 6.24. The molecule has 0 bridgehead atoms. The first-order valence-electron chi connectivity index (χ1n) is 7.56. The van der Waals surface area contributed by atoms with Gasteiger partial charge >= 0.3 is 0 Å². The Morgan fingerprint density at radius 1 is 1.48 bits per heavy atom. The number of hydrogen-bond acceptors (Lipinski definition) is 3. The van der Waals surface area contributed by atoms with Gasteiger partial charge in [-0.3, -0.25) is 5.32 Å². The van der Waals surface area contributed by atoms with E-state index >= 15 is 0 Å². The zero-order valence-electron chi connectivity index (χ0n) is 12.9. The average molecular weight is 290 g/mol. The first-order valence-corrected chi connectivity index (χ1v) is 7.56. The number of halogens is 1. The Bertz CT molecular complexity index is 538. The molecule has 0 saturated heterocycles. The molecule has 0 aromatic heterocycles. The van der Waals surface area contributed by atoms with Gasteiger partial charge in [-0.05, 0) is 51.7 Å². The molecule has 0 amide bonds. The van der Waals surface area contributed by atoms with E-state index in [-0.39, 0.29) is 18.0 Å². The molecule has 1 fully saturated rings. The third kappa shape index (κ3) is 3.95. The largest absolute Gasteiger partial charge is 0.490 e. The fourth-order valence-corrected chi connectivity index (χ4v) is 2.98. The minimum atomic E-state index is -0.527. The quantitative estimate of drug-likeness (QED) is 0.919. The van der Waals surface area contributed by atoms with Crippen molar-refractivity contribution in [3.63, 3.8) is 0 Å². The average Bonchev–Trinajstić information content (AvgIpc) is 2.42. The van der Waals surface area contributed by atoms with Gasteiger partial charge in [-0.25, -0.2) is 4.39 Å². The van der Waals surface area contributed by atoms with Crippen LogP contribution in [-0.4, -0.2) is 17.7 Å². The fraction of sp³-hybridized carbons (Fsp3) is 0.588. The second-order valence-electron chi connectivity index (χ2n) is 6.24. The number of rotatable bonds is 4. The summed E-state index contributed by atoms with van der Waals surface area (Å²) in [5, 5.41) is 12.9. The zero-order valence-corrected chi connectivity index (χ0v) is 12.9. The highest BCUT2D eigenvalue weighted by Gasteiger charge is 2.37. The van der Waals surface area contributed by atoms with Gasteiger partial charge in [-0.15, -0.1) is 0 Å². The van der Waals surface area contributed by atoms with Crippen LogP contribution in [0.1, 0.15) is 45.1 Å². The number of benzene rings is 1. The van der Waals surface area contributed by atoms with Crippen LogP contribution in [0, 0.1) is 24.1 Å². The molecule has 0 spiro atoms. The summed E-state index contributed by atoms with van der Waals surface area (Å²) < 4.78 is 19.5. The summed E-state index contributed by atoms with van der Waals surface area (Å²) in [5.41, 5.74) is 0.0826. The van der Waals surface area contributed by atoms with E-state index in [1.54, 1.807) is 19.1 Å². The molecular formula is C17H23FN2O. The molecule has 1 aromatic rings. The molecule has 0 aliphatic heterocycles. The molecule has 2 atom stereocenters. The third-order valence-electron chi connectivity index (χ3n) is 3.93. The van der Waals surface area contributed by atoms with Crippen LogP contribution < -0.4 is 10.1 Å². The molecule has 2 unspecified atom stereocenters. The van der Waals surface area contributed by atoms with E-state index in [0.717, 1.165) is 19.3 Å². The summed E-state index contributed by atoms with van der Waals surface area (Å²) in [7, 11) is 0. The Labute approximate surface area is 126 Å². The molecular weight excluding hydrogens is 267 g/mol. The number of hydrogen-bond donors (Lipinski definition) is 1. The van der Waals surface area contributed by atoms with Crippen molar-refractivity contribution >= 4 is 0 Å². The Morgan fingerprint density at radius 2 is 2.24 bits per heavy atom. The SMILES string of the molecule is Cc1ccc(OC2CCCC(C#N)(NC(C)C)C2)cc1F.